The Morgan fingerprint density at radius 2 is 1.80 bits per heavy atom. The van der Waals surface area contributed by atoms with E-state index >= 15 is 0 Å². The highest BCUT2D eigenvalue weighted by molar-refractivity contribution is 5.87. The molecule has 6 nitrogen and oxygen atoms in total. The van der Waals surface area contributed by atoms with Crippen LogP contribution in [0.2, 0.25) is 0 Å². The molecule has 2 amide bonds. The van der Waals surface area contributed by atoms with Gasteiger partial charge in [0.1, 0.15) is 5.54 Å². The molecule has 3 aliphatic rings. The lowest BCUT2D eigenvalue weighted by Gasteiger charge is -2.39. The van der Waals surface area contributed by atoms with Crippen LogP contribution in [-0.2, 0) is 4.79 Å². The van der Waals surface area contributed by atoms with Crippen molar-refractivity contribution in [1.82, 2.24) is 15.1 Å². The Morgan fingerprint density at radius 3 is 2.35 bits per heavy atom. The van der Waals surface area contributed by atoms with E-state index in [1.807, 2.05) is 0 Å². The summed E-state index contributed by atoms with van der Waals surface area (Å²) < 4.78 is 0. The molecule has 0 spiro atoms. The Labute approximate surface area is 119 Å². The summed E-state index contributed by atoms with van der Waals surface area (Å²) in [6.45, 7) is 3.75. The topological polar surface area (TPSA) is 72.9 Å². The number of carboxylic acids is 1. The van der Waals surface area contributed by atoms with Crippen molar-refractivity contribution in [3.8, 4) is 0 Å². The van der Waals surface area contributed by atoms with Crippen LogP contribution < -0.4 is 5.32 Å². The molecule has 1 saturated carbocycles. The van der Waals surface area contributed by atoms with Crippen molar-refractivity contribution in [3.05, 3.63) is 0 Å². The minimum atomic E-state index is -0.997. The molecule has 0 aromatic carbocycles. The van der Waals surface area contributed by atoms with Gasteiger partial charge in [-0.05, 0) is 51.6 Å². The van der Waals surface area contributed by atoms with Crippen LogP contribution >= 0.6 is 0 Å². The third-order valence-electron chi connectivity index (χ3n) is 5.07. The number of amides is 2. The van der Waals surface area contributed by atoms with E-state index in [-0.39, 0.29) is 6.03 Å². The smallest absolute Gasteiger partial charge is 0.329 e. The lowest BCUT2D eigenvalue weighted by atomic mass is 9.77. The molecular weight excluding hydrogens is 258 g/mol. The van der Waals surface area contributed by atoms with Gasteiger partial charge in [-0.15, -0.1) is 0 Å². The number of hydrogen-bond donors (Lipinski definition) is 2. The van der Waals surface area contributed by atoms with Crippen LogP contribution in [0.4, 0.5) is 4.79 Å². The molecule has 1 aliphatic carbocycles. The normalized spacial score (nSPS) is 29.2. The van der Waals surface area contributed by atoms with Gasteiger partial charge < -0.3 is 15.3 Å². The van der Waals surface area contributed by atoms with Crippen LogP contribution in [-0.4, -0.2) is 64.7 Å². The summed E-state index contributed by atoms with van der Waals surface area (Å²) in [6, 6.07) is 0.263. The van der Waals surface area contributed by atoms with E-state index in [9.17, 15) is 14.7 Å². The second-order valence-corrected chi connectivity index (χ2v) is 6.30. The third kappa shape index (κ3) is 2.37. The monoisotopic (exact) mass is 281 g/mol. The molecule has 2 aliphatic heterocycles. The number of rotatable bonds is 3. The number of nitrogens with one attached hydrogen (secondary N) is 1. The van der Waals surface area contributed by atoms with E-state index in [0.29, 0.717) is 18.9 Å². The molecular formula is C14H23N3O3. The van der Waals surface area contributed by atoms with Crippen molar-refractivity contribution < 1.29 is 14.7 Å². The van der Waals surface area contributed by atoms with Crippen LogP contribution in [0.1, 0.15) is 38.5 Å². The first-order valence-electron chi connectivity index (χ1n) is 7.65. The molecule has 1 unspecified atom stereocenters. The fraction of sp³-hybridized carbons (Fsp3) is 0.857. The highest BCUT2D eigenvalue weighted by Crippen LogP contribution is 2.32. The third-order valence-corrected chi connectivity index (χ3v) is 5.07. The number of carbonyl (C=O) groups is 2. The number of likely N-dealkylation sites (tertiary alicyclic amines) is 2. The minimum Gasteiger partial charge on any atom is -0.480 e. The minimum absolute atomic E-state index is 0.200. The second-order valence-electron chi connectivity index (χ2n) is 6.30. The first-order valence-corrected chi connectivity index (χ1v) is 7.65. The molecule has 1 atom stereocenters. The first-order chi connectivity index (χ1) is 9.61. The molecule has 3 rings (SSSR count). The van der Waals surface area contributed by atoms with E-state index < -0.39 is 11.5 Å². The lowest BCUT2D eigenvalue weighted by Crippen LogP contribution is -2.61. The molecule has 112 valence electrons. The lowest BCUT2D eigenvalue weighted by molar-refractivity contribution is -0.148. The number of hydrogen-bond acceptors (Lipinski definition) is 3. The molecule has 6 heteroatoms. The van der Waals surface area contributed by atoms with Crippen LogP contribution in [0.15, 0.2) is 0 Å². The SMILES string of the molecule is O=C(NC1(C(=O)O)CCC1)N1CCC(N2CCCC2)C1. The molecule has 3 fully saturated rings. The summed E-state index contributed by atoms with van der Waals surface area (Å²) in [4.78, 5) is 27.8. The summed E-state index contributed by atoms with van der Waals surface area (Å²) in [7, 11) is 0. The van der Waals surface area contributed by atoms with Crippen LogP contribution in [0, 0.1) is 0 Å². The predicted molar refractivity (Wildman–Crippen MR) is 73.5 cm³/mol. The van der Waals surface area contributed by atoms with Gasteiger partial charge in [0.2, 0.25) is 0 Å². The predicted octanol–water partition coefficient (Wildman–Crippen LogP) is 0.873. The van der Waals surface area contributed by atoms with Gasteiger partial charge in [-0.2, -0.15) is 0 Å². The van der Waals surface area contributed by atoms with Gasteiger partial charge in [-0.25, -0.2) is 9.59 Å². The standard InChI is InChI=1S/C14H23N3O3/c18-12(19)14(5-3-6-14)15-13(20)17-9-4-11(10-17)16-7-1-2-8-16/h11H,1-10H2,(H,15,20)(H,18,19). The van der Waals surface area contributed by atoms with Gasteiger partial charge in [0, 0.05) is 19.1 Å². The molecule has 0 aromatic heterocycles. The quantitative estimate of drug-likeness (QED) is 0.805. The van der Waals surface area contributed by atoms with E-state index in [1.165, 1.54) is 12.8 Å². The second kappa shape index (κ2) is 5.24. The van der Waals surface area contributed by atoms with Crippen molar-refractivity contribution in [2.45, 2.75) is 50.1 Å². The zero-order valence-electron chi connectivity index (χ0n) is 11.8. The number of nitrogens with zero attached hydrogens (tertiary/aromatic N) is 2. The maximum absolute atomic E-state index is 12.3. The van der Waals surface area contributed by atoms with Gasteiger partial charge in [0.05, 0.1) is 0 Å². The molecule has 2 N–H and O–H groups in total. The highest BCUT2D eigenvalue weighted by atomic mass is 16.4. The number of urea groups is 1. The fourth-order valence-corrected chi connectivity index (χ4v) is 3.54. The van der Waals surface area contributed by atoms with Crippen LogP contribution in [0.25, 0.3) is 0 Å². The molecule has 0 aromatic rings. The molecule has 20 heavy (non-hydrogen) atoms. The van der Waals surface area contributed by atoms with Crippen LogP contribution in [0.5, 0.6) is 0 Å². The summed E-state index contributed by atoms with van der Waals surface area (Å²) in [5.74, 6) is -0.896. The number of aliphatic carboxylic acids is 1. The maximum Gasteiger partial charge on any atom is 0.329 e. The molecule has 0 radical (unpaired) electrons. The highest BCUT2D eigenvalue weighted by Gasteiger charge is 2.47. The fourth-order valence-electron chi connectivity index (χ4n) is 3.54. The zero-order valence-corrected chi connectivity index (χ0v) is 11.8. The average Bonchev–Trinajstić information content (AvgIpc) is 3.01. The van der Waals surface area contributed by atoms with E-state index in [4.69, 9.17) is 0 Å². The van der Waals surface area contributed by atoms with E-state index in [1.54, 1.807) is 4.90 Å². The van der Waals surface area contributed by atoms with Gasteiger partial charge in [0.15, 0.2) is 0 Å². The van der Waals surface area contributed by atoms with Crippen molar-refractivity contribution in [3.63, 3.8) is 0 Å². The number of carbonyl (C=O) groups excluding carboxylic acids is 1. The first kappa shape index (κ1) is 13.7. The van der Waals surface area contributed by atoms with Crippen LogP contribution in [0.3, 0.4) is 0 Å². The Bertz CT molecular complexity index is 402. The van der Waals surface area contributed by atoms with Gasteiger partial charge in [-0.1, -0.05) is 0 Å². The zero-order chi connectivity index (χ0) is 14.2. The van der Waals surface area contributed by atoms with Crippen molar-refractivity contribution in [2.75, 3.05) is 26.2 Å². The molecule has 2 heterocycles. The average molecular weight is 281 g/mol. The Kier molecular flexibility index (Phi) is 3.58. The Hall–Kier alpha value is -1.30. The van der Waals surface area contributed by atoms with Crippen molar-refractivity contribution >= 4 is 12.0 Å². The Morgan fingerprint density at radius 1 is 1.10 bits per heavy atom. The molecule has 2 saturated heterocycles. The van der Waals surface area contributed by atoms with Crippen molar-refractivity contribution in [2.24, 2.45) is 0 Å². The summed E-state index contributed by atoms with van der Waals surface area (Å²) in [5.41, 5.74) is -0.997. The summed E-state index contributed by atoms with van der Waals surface area (Å²) >= 11 is 0. The van der Waals surface area contributed by atoms with Crippen molar-refractivity contribution in [1.29, 1.82) is 0 Å². The summed E-state index contributed by atoms with van der Waals surface area (Å²) in [6.07, 6.45) is 5.50. The Balaban J connectivity index is 1.54. The van der Waals surface area contributed by atoms with E-state index in [2.05, 4.69) is 10.2 Å². The molecule has 0 bridgehead atoms. The van der Waals surface area contributed by atoms with Gasteiger partial charge in [0.25, 0.3) is 0 Å². The maximum atomic E-state index is 12.3. The van der Waals surface area contributed by atoms with Gasteiger partial charge >= 0.3 is 12.0 Å². The van der Waals surface area contributed by atoms with Gasteiger partial charge in [-0.3, -0.25) is 4.90 Å². The largest absolute Gasteiger partial charge is 0.480 e. The van der Waals surface area contributed by atoms with E-state index in [0.717, 1.165) is 39.0 Å². The number of carboxylic acid groups (broad SMARTS) is 1. The summed E-state index contributed by atoms with van der Waals surface area (Å²) in [5, 5.41) is 12.0.